The van der Waals surface area contributed by atoms with Crippen molar-refractivity contribution in [3.63, 3.8) is 0 Å². The number of aliphatic carboxylic acids is 1. The minimum atomic E-state index is -1.08. The van der Waals surface area contributed by atoms with Crippen LogP contribution >= 0.6 is 0 Å². The van der Waals surface area contributed by atoms with Crippen LogP contribution < -0.4 is 5.32 Å². The number of carboxylic acid groups (broad SMARTS) is 1. The van der Waals surface area contributed by atoms with Gasteiger partial charge in [-0.3, -0.25) is 14.4 Å². The Morgan fingerprint density at radius 2 is 1.77 bits per heavy atom. The van der Waals surface area contributed by atoms with E-state index in [1.54, 1.807) is 13.0 Å². The third-order valence-corrected chi connectivity index (χ3v) is 7.10. The van der Waals surface area contributed by atoms with Gasteiger partial charge in [0.05, 0.1) is 12.3 Å². The first-order chi connectivity index (χ1) is 18.8. The second-order valence-electron chi connectivity index (χ2n) is 9.79. The van der Waals surface area contributed by atoms with Gasteiger partial charge in [-0.15, -0.1) is 0 Å². The van der Waals surface area contributed by atoms with Crippen molar-refractivity contribution in [1.82, 2.24) is 20.1 Å². The van der Waals surface area contributed by atoms with E-state index < -0.39 is 29.9 Å². The number of carbonyl (C=O) groups excluding carboxylic acids is 3. The Hall–Kier alpha value is -3.99. The number of ether oxygens (including phenoxy) is 1. The fraction of sp³-hybridized carbons (Fsp3) is 0.464. The topological polar surface area (TPSA) is 149 Å². The van der Waals surface area contributed by atoms with Crippen LogP contribution in [0.3, 0.4) is 0 Å². The zero-order valence-electron chi connectivity index (χ0n) is 21.9. The number of carbonyl (C=O) groups is 4. The van der Waals surface area contributed by atoms with Gasteiger partial charge < -0.3 is 30.1 Å². The number of aromatic nitrogens is 1. The minimum absolute atomic E-state index is 0.0599. The van der Waals surface area contributed by atoms with E-state index in [1.807, 2.05) is 36.4 Å². The number of hydrogen-bond donors (Lipinski definition) is 3. The third kappa shape index (κ3) is 7.11. The lowest BCUT2D eigenvalue weighted by molar-refractivity contribution is -0.138. The predicted octanol–water partition coefficient (Wildman–Crippen LogP) is 2.11. The average Bonchev–Trinajstić information content (AvgIpc) is 3.75. The van der Waals surface area contributed by atoms with E-state index in [1.165, 1.54) is 9.80 Å². The number of pyridine rings is 1. The maximum absolute atomic E-state index is 13.4. The number of nitrogens with zero attached hydrogens (tertiary/aromatic N) is 3. The number of benzene rings is 1. The SMILES string of the molecule is CCOC(=O)N1CCN(C(=O)[C@H](CCC(=O)O)NC(=O)c2cc(C3CC3CO)cc(-c3ccccc3)n2)CC1. The quantitative estimate of drug-likeness (QED) is 0.416. The van der Waals surface area contributed by atoms with Crippen LogP contribution in [0.5, 0.6) is 0 Å². The molecule has 1 aromatic carbocycles. The molecule has 11 nitrogen and oxygen atoms in total. The molecule has 2 heterocycles. The zero-order valence-corrected chi connectivity index (χ0v) is 21.9. The Balaban J connectivity index is 1.52. The first-order valence-corrected chi connectivity index (χ1v) is 13.2. The van der Waals surface area contributed by atoms with Crippen LogP contribution in [0.15, 0.2) is 42.5 Å². The molecule has 208 valence electrons. The van der Waals surface area contributed by atoms with E-state index >= 15 is 0 Å². The Kier molecular flexibility index (Phi) is 9.13. The van der Waals surface area contributed by atoms with Crippen molar-refractivity contribution in [2.24, 2.45) is 5.92 Å². The van der Waals surface area contributed by atoms with Gasteiger partial charge in [-0.05, 0) is 49.3 Å². The number of piperazine rings is 1. The van der Waals surface area contributed by atoms with Gasteiger partial charge >= 0.3 is 12.1 Å². The summed E-state index contributed by atoms with van der Waals surface area (Å²) in [6.45, 7) is 3.08. The molecule has 1 aliphatic heterocycles. The highest BCUT2D eigenvalue weighted by molar-refractivity contribution is 5.97. The number of nitrogens with one attached hydrogen (secondary N) is 1. The first-order valence-electron chi connectivity index (χ1n) is 13.2. The van der Waals surface area contributed by atoms with Gasteiger partial charge in [0.25, 0.3) is 5.91 Å². The smallest absolute Gasteiger partial charge is 0.409 e. The molecule has 3 atom stereocenters. The molecule has 1 aromatic heterocycles. The van der Waals surface area contributed by atoms with Gasteiger partial charge in [-0.25, -0.2) is 9.78 Å². The molecule has 2 fully saturated rings. The summed E-state index contributed by atoms with van der Waals surface area (Å²) < 4.78 is 5.02. The zero-order chi connectivity index (χ0) is 27.9. The minimum Gasteiger partial charge on any atom is -0.481 e. The standard InChI is InChI=1S/C28H34N4O7/c1-2-39-28(38)32-12-10-31(11-13-32)27(37)22(8-9-25(34)35)30-26(36)24-16-19(21-14-20(21)17-33)15-23(29-24)18-6-4-3-5-7-18/h3-7,15-16,20-22,33H,2,8-14,17H2,1H3,(H,30,36)(H,34,35)/t20?,21?,22-/m0/s1. The molecule has 0 bridgehead atoms. The largest absolute Gasteiger partial charge is 0.481 e. The number of aliphatic hydroxyl groups is 1. The van der Waals surface area contributed by atoms with E-state index in [0.29, 0.717) is 5.69 Å². The lowest BCUT2D eigenvalue weighted by Gasteiger charge is -2.35. The molecule has 4 rings (SSSR count). The molecule has 0 radical (unpaired) electrons. The summed E-state index contributed by atoms with van der Waals surface area (Å²) >= 11 is 0. The molecule has 0 spiro atoms. The Bertz CT molecular complexity index is 1200. The molecular weight excluding hydrogens is 504 g/mol. The van der Waals surface area contributed by atoms with Gasteiger partial charge in [-0.1, -0.05) is 30.3 Å². The maximum Gasteiger partial charge on any atom is 0.409 e. The summed E-state index contributed by atoms with van der Waals surface area (Å²) in [7, 11) is 0. The molecule has 1 saturated heterocycles. The van der Waals surface area contributed by atoms with Crippen LogP contribution in [0, 0.1) is 5.92 Å². The van der Waals surface area contributed by atoms with Crippen LogP contribution in [-0.4, -0.2) is 94.3 Å². The summed E-state index contributed by atoms with van der Waals surface area (Å²) in [5, 5.41) is 21.5. The monoisotopic (exact) mass is 538 g/mol. The van der Waals surface area contributed by atoms with Gasteiger partial charge in [0.1, 0.15) is 11.7 Å². The third-order valence-electron chi connectivity index (χ3n) is 7.10. The Morgan fingerprint density at radius 3 is 2.38 bits per heavy atom. The van der Waals surface area contributed by atoms with Crippen molar-refractivity contribution in [3.05, 3.63) is 53.7 Å². The van der Waals surface area contributed by atoms with Crippen LogP contribution in [0.4, 0.5) is 4.79 Å². The van der Waals surface area contributed by atoms with Gasteiger partial charge in [0, 0.05) is 44.8 Å². The first kappa shape index (κ1) is 28.0. The van der Waals surface area contributed by atoms with Crippen molar-refractivity contribution in [2.75, 3.05) is 39.4 Å². The Morgan fingerprint density at radius 1 is 1.08 bits per heavy atom. The number of amides is 3. The molecule has 2 unspecified atom stereocenters. The van der Waals surface area contributed by atoms with Gasteiger partial charge in [0.2, 0.25) is 5.91 Å². The van der Waals surface area contributed by atoms with Crippen LogP contribution in [-0.2, 0) is 14.3 Å². The van der Waals surface area contributed by atoms with Gasteiger partial charge in [0.15, 0.2) is 0 Å². The van der Waals surface area contributed by atoms with Crippen molar-refractivity contribution in [2.45, 2.75) is 38.1 Å². The normalized spacial score (nSPS) is 19.2. The fourth-order valence-electron chi connectivity index (χ4n) is 4.80. The summed E-state index contributed by atoms with van der Waals surface area (Å²) in [6, 6.07) is 11.9. The van der Waals surface area contributed by atoms with Crippen LogP contribution in [0.1, 0.15) is 48.2 Å². The Labute approximate surface area is 226 Å². The number of hydrogen-bond acceptors (Lipinski definition) is 7. The van der Waals surface area contributed by atoms with E-state index in [0.717, 1.165) is 17.5 Å². The number of aliphatic hydroxyl groups excluding tert-OH is 1. The summed E-state index contributed by atoms with van der Waals surface area (Å²) in [5.41, 5.74) is 2.43. The number of rotatable bonds is 10. The highest BCUT2D eigenvalue weighted by Crippen LogP contribution is 2.47. The molecule has 2 aromatic rings. The van der Waals surface area contributed by atoms with Crippen molar-refractivity contribution in [3.8, 4) is 11.3 Å². The summed E-state index contributed by atoms with van der Waals surface area (Å²) in [6.07, 6.45) is -0.0200. The van der Waals surface area contributed by atoms with Crippen LogP contribution in [0.25, 0.3) is 11.3 Å². The van der Waals surface area contributed by atoms with E-state index in [2.05, 4.69) is 10.3 Å². The molecule has 11 heteroatoms. The molecule has 39 heavy (non-hydrogen) atoms. The lowest BCUT2D eigenvalue weighted by Crippen LogP contribution is -2.56. The summed E-state index contributed by atoms with van der Waals surface area (Å²) in [4.78, 5) is 57.7. The molecule has 1 aliphatic carbocycles. The predicted molar refractivity (Wildman–Crippen MR) is 141 cm³/mol. The van der Waals surface area contributed by atoms with Gasteiger partial charge in [-0.2, -0.15) is 0 Å². The molecule has 2 aliphatic rings. The second kappa shape index (κ2) is 12.7. The molecule has 3 amide bonds. The van der Waals surface area contributed by atoms with Crippen molar-refractivity contribution in [1.29, 1.82) is 0 Å². The van der Waals surface area contributed by atoms with Crippen molar-refractivity contribution >= 4 is 23.9 Å². The molecule has 1 saturated carbocycles. The fourth-order valence-corrected chi connectivity index (χ4v) is 4.80. The highest BCUT2D eigenvalue weighted by atomic mass is 16.6. The molecular formula is C28H34N4O7. The second-order valence-corrected chi connectivity index (χ2v) is 9.79. The summed E-state index contributed by atoms with van der Waals surface area (Å²) in [5.74, 6) is -1.82. The highest BCUT2D eigenvalue weighted by Gasteiger charge is 2.38. The number of carboxylic acids is 1. The van der Waals surface area contributed by atoms with Crippen molar-refractivity contribution < 1.29 is 34.1 Å². The lowest BCUT2D eigenvalue weighted by atomic mass is 10.0. The van der Waals surface area contributed by atoms with E-state index in [-0.39, 0.29) is 69.8 Å². The maximum atomic E-state index is 13.4. The van der Waals surface area contributed by atoms with E-state index in [4.69, 9.17) is 4.74 Å². The van der Waals surface area contributed by atoms with Crippen LogP contribution in [0.2, 0.25) is 0 Å². The van der Waals surface area contributed by atoms with E-state index in [9.17, 15) is 29.4 Å². The molecule has 3 N–H and O–H groups in total. The average molecular weight is 539 g/mol.